The summed E-state index contributed by atoms with van der Waals surface area (Å²) in [5, 5.41) is 10.7. The summed E-state index contributed by atoms with van der Waals surface area (Å²) in [6.45, 7) is 2.97. The Hall–Kier alpha value is -3.65. The number of benzene rings is 1. The number of hydrogen-bond acceptors (Lipinski definition) is 4. The number of pyridine rings is 2. The molecule has 0 spiro atoms. The minimum atomic E-state index is 0.241. The number of nitrogens with two attached hydrogens (primary N) is 1. The van der Waals surface area contributed by atoms with E-state index in [2.05, 4.69) is 45.9 Å². The first kappa shape index (κ1) is 15.9. The SMILES string of the molecule is CCn1cc(-c2cc(-c3ccncc3)c(C#N)c(N)n2)c2ccccc21. The molecule has 126 valence electrons. The summed E-state index contributed by atoms with van der Waals surface area (Å²) >= 11 is 0. The van der Waals surface area contributed by atoms with Crippen LogP contribution in [0.5, 0.6) is 0 Å². The molecule has 4 rings (SSSR count). The minimum Gasteiger partial charge on any atom is -0.383 e. The van der Waals surface area contributed by atoms with Crippen molar-refractivity contribution in [2.24, 2.45) is 0 Å². The second-order valence-electron chi connectivity index (χ2n) is 6.01. The van der Waals surface area contributed by atoms with Crippen LogP contribution in [0, 0.1) is 11.3 Å². The number of hydrogen-bond donors (Lipinski definition) is 1. The molecule has 0 amide bonds. The molecule has 1 aromatic carbocycles. The Morgan fingerprint density at radius 1 is 1.12 bits per heavy atom. The first-order chi connectivity index (χ1) is 12.7. The zero-order valence-corrected chi connectivity index (χ0v) is 14.3. The van der Waals surface area contributed by atoms with Crippen LogP contribution in [0.1, 0.15) is 12.5 Å². The Balaban J connectivity index is 2.00. The molecule has 0 saturated carbocycles. The van der Waals surface area contributed by atoms with Crippen molar-refractivity contribution in [1.82, 2.24) is 14.5 Å². The van der Waals surface area contributed by atoms with E-state index in [1.54, 1.807) is 12.4 Å². The Morgan fingerprint density at radius 3 is 2.62 bits per heavy atom. The molecule has 5 nitrogen and oxygen atoms in total. The van der Waals surface area contributed by atoms with E-state index in [1.807, 2.05) is 30.3 Å². The maximum absolute atomic E-state index is 9.55. The third-order valence-corrected chi connectivity index (χ3v) is 4.56. The standard InChI is InChI=1S/C21H17N5/c1-2-26-13-18(15-5-3-4-6-20(15)26)19-11-16(14-7-9-24-10-8-14)17(12-22)21(23)25-19/h3-11,13H,2H2,1H3,(H2,23,25). The van der Waals surface area contributed by atoms with E-state index in [0.717, 1.165) is 39.8 Å². The average molecular weight is 339 g/mol. The third-order valence-electron chi connectivity index (χ3n) is 4.56. The van der Waals surface area contributed by atoms with Crippen LogP contribution in [0.25, 0.3) is 33.3 Å². The number of aromatic nitrogens is 3. The molecule has 3 heterocycles. The van der Waals surface area contributed by atoms with Crippen LogP contribution in [0.3, 0.4) is 0 Å². The average Bonchev–Trinajstić information content (AvgIpc) is 3.07. The van der Waals surface area contributed by atoms with E-state index in [1.165, 1.54) is 0 Å². The summed E-state index contributed by atoms with van der Waals surface area (Å²) in [6, 6.07) is 16.1. The van der Waals surface area contributed by atoms with Crippen LogP contribution in [0.4, 0.5) is 5.82 Å². The van der Waals surface area contributed by atoms with Gasteiger partial charge in [0.15, 0.2) is 0 Å². The molecule has 0 bridgehead atoms. The number of nitriles is 1. The van der Waals surface area contributed by atoms with E-state index in [4.69, 9.17) is 5.73 Å². The molecular formula is C21H17N5. The molecule has 0 radical (unpaired) electrons. The monoisotopic (exact) mass is 339 g/mol. The molecule has 0 atom stereocenters. The zero-order chi connectivity index (χ0) is 18.1. The molecule has 5 heteroatoms. The van der Waals surface area contributed by atoms with E-state index < -0.39 is 0 Å². The van der Waals surface area contributed by atoms with Crippen molar-refractivity contribution < 1.29 is 0 Å². The predicted molar refractivity (Wildman–Crippen MR) is 103 cm³/mol. The highest BCUT2D eigenvalue weighted by Gasteiger charge is 2.16. The molecule has 0 aliphatic rings. The summed E-state index contributed by atoms with van der Waals surface area (Å²) in [7, 11) is 0. The molecule has 0 aliphatic carbocycles. The van der Waals surface area contributed by atoms with Crippen LogP contribution < -0.4 is 5.73 Å². The van der Waals surface area contributed by atoms with Gasteiger partial charge in [0.05, 0.1) is 5.69 Å². The van der Waals surface area contributed by atoms with E-state index >= 15 is 0 Å². The number of fused-ring (bicyclic) bond motifs is 1. The van der Waals surface area contributed by atoms with Crippen molar-refractivity contribution in [3.8, 4) is 28.5 Å². The van der Waals surface area contributed by atoms with Gasteiger partial charge in [-0.3, -0.25) is 4.98 Å². The summed E-state index contributed by atoms with van der Waals surface area (Å²) in [5.41, 5.74) is 11.1. The normalized spacial score (nSPS) is 10.8. The lowest BCUT2D eigenvalue weighted by atomic mass is 9.99. The lowest BCUT2D eigenvalue weighted by molar-refractivity contribution is 0.798. The van der Waals surface area contributed by atoms with E-state index in [0.29, 0.717) is 5.56 Å². The molecule has 26 heavy (non-hydrogen) atoms. The van der Waals surface area contributed by atoms with Crippen molar-refractivity contribution in [2.75, 3.05) is 5.73 Å². The van der Waals surface area contributed by atoms with Gasteiger partial charge >= 0.3 is 0 Å². The number of para-hydroxylation sites is 1. The molecular weight excluding hydrogens is 322 g/mol. The molecule has 0 fully saturated rings. The molecule has 0 unspecified atom stereocenters. The van der Waals surface area contributed by atoms with Crippen molar-refractivity contribution in [2.45, 2.75) is 13.5 Å². The molecule has 0 aliphatic heterocycles. The fourth-order valence-electron chi connectivity index (χ4n) is 3.29. The second kappa shape index (κ2) is 6.34. The number of nitrogen functional groups attached to an aromatic ring is 1. The quantitative estimate of drug-likeness (QED) is 0.605. The van der Waals surface area contributed by atoms with Crippen molar-refractivity contribution in [3.63, 3.8) is 0 Å². The zero-order valence-electron chi connectivity index (χ0n) is 14.3. The van der Waals surface area contributed by atoms with Crippen molar-refractivity contribution >= 4 is 16.7 Å². The Kier molecular flexibility index (Phi) is 3.86. The van der Waals surface area contributed by atoms with Crippen LogP contribution in [0.2, 0.25) is 0 Å². The van der Waals surface area contributed by atoms with Gasteiger partial charge < -0.3 is 10.3 Å². The van der Waals surface area contributed by atoms with Gasteiger partial charge in [-0.05, 0) is 36.8 Å². The van der Waals surface area contributed by atoms with Crippen LogP contribution >= 0.6 is 0 Å². The predicted octanol–water partition coefficient (Wildman–Crippen LogP) is 4.24. The number of nitrogens with zero attached hydrogens (tertiary/aromatic N) is 4. The van der Waals surface area contributed by atoms with Crippen LogP contribution in [0.15, 0.2) is 61.1 Å². The van der Waals surface area contributed by atoms with E-state index in [9.17, 15) is 5.26 Å². The maximum atomic E-state index is 9.55. The maximum Gasteiger partial charge on any atom is 0.142 e. The van der Waals surface area contributed by atoms with Gasteiger partial charge in [-0.25, -0.2) is 4.98 Å². The highest BCUT2D eigenvalue weighted by Crippen LogP contribution is 2.34. The highest BCUT2D eigenvalue weighted by atomic mass is 15.0. The first-order valence-corrected chi connectivity index (χ1v) is 8.42. The van der Waals surface area contributed by atoms with Gasteiger partial charge in [0, 0.05) is 47.2 Å². The van der Waals surface area contributed by atoms with Crippen LogP contribution in [-0.2, 0) is 6.54 Å². The summed E-state index contributed by atoms with van der Waals surface area (Å²) in [4.78, 5) is 8.58. The van der Waals surface area contributed by atoms with E-state index in [-0.39, 0.29) is 5.82 Å². The lowest BCUT2D eigenvalue weighted by Crippen LogP contribution is -1.99. The number of anilines is 1. The molecule has 3 aromatic heterocycles. The van der Waals surface area contributed by atoms with Gasteiger partial charge in [-0.1, -0.05) is 18.2 Å². The molecule has 0 saturated heterocycles. The fourth-order valence-corrected chi connectivity index (χ4v) is 3.29. The molecule has 2 N–H and O–H groups in total. The Labute approximate surface area is 151 Å². The van der Waals surface area contributed by atoms with Gasteiger partial charge in [-0.15, -0.1) is 0 Å². The highest BCUT2D eigenvalue weighted by molar-refractivity contribution is 5.96. The number of rotatable bonds is 3. The lowest BCUT2D eigenvalue weighted by Gasteiger charge is -2.09. The second-order valence-corrected chi connectivity index (χ2v) is 6.01. The topological polar surface area (TPSA) is 80.5 Å². The Bertz CT molecular complexity index is 1140. The van der Waals surface area contributed by atoms with Gasteiger partial charge in [-0.2, -0.15) is 5.26 Å². The Morgan fingerprint density at radius 2 is 1.88 bits per heavy atom. The first-order valence-electron chi connectivity index (χ1n) is 8.42. The molecule has 4 aromatic rings. The van der Waals surface area contributed by atoms with Gasteiger partial charge in [0.1, 0.15) is 17.5 Å². The largest absolute Gasteiger partial charge is 0.383 e. The summed E-state index contributed by atoms with van der Waals surface area (Å²) < 4.78 is 2.19. The summed E-state index contributed by atoms with van der Waals surface area (Å²) in [5.74, 6) is 0.241. The van der Waals surface area contributed by atoms with Crippen molar-refractivity contribution in [3.05, 3.63) is 66.6 Å². The van der Waals surface area contributed by atoms with Gasteiger partial charge in [0.2, 0.25) is 0 Å². The van der Waals surface area contributed by atoms with Crippen molar-refractivity contribution in [1.29, 1.82) is 5.26 Å². The third kappa shape index (κ3) is 2.49. The smallest absolute Gasteiger partial charge is 0.142 e. The summed E-state index contributed by atoms with van der Waals surface area (Å²) in [6.07, 6.45) is 5.50. The fraction of sp³-hybridized carbons (Fsp3) is 0.0952. The number of aryl methyl sites for hydroxylation is 1. The minimum absolute atomic E-state index is 0.241. The van der Waals surface area contributed by atoms with Crippen LogP contribution in [-0.4, -0.2) is 14.5 Å². The van der Waals surface area contributed by atoms with Gasteiger partial charge in [0.25, 0.3) is 0 Å².